The number of anilines is 1. The van der Waals surface area contributed by atoms with E-state index in [2.05, 4.69) is 19.9 Å². The number of aryl methyl sites for hydroxylation is 1. The molecule has 0 bridgehead atoms. The van der Waals surface area contributed by atoms with Crippen molar-refractivity contribution in [3.8, 4) is 0 Å². The maximum atomic E-state index is 12.1. The first-order valence-electron chi connectivity index (χ1n) is 4.89. The van der Waals surface area contributed by atoms with Crippen molar-refractivity contribution < 1.29 is 18.3 Å². The van der Waals surface area contributed by atoms with Gasteiger partial charge in [0.05, 0.1) is 12.4 Å². The van der Waals surface area contributed by atoms with Crippen molar-refractivity contribution in [2.75, 3.05) is 4.72 Å². The van der Waals surface area contributed by atoms with Crippen molar-refractivity contribution in [2.24, 2.45) is 0 Å². The molecule has 19 heavy (non-hydrogen) atoms. The van der Waals surface area contributed by atoms with Crippen LogP contribution in [-0.2, 0) is 10.0 Å². The molecular formula is C9H8N4O4S2. The lowest BCUT2D eigenvalue weighted by Gasteiger charge is -2.06. The molecule has 0 atom stereocenters. The molecule has 2 aromatic rings. The molecule has 2 rings (SSSR count). The summed E-state index contributed by atoms with van der Waals surface area (Å²) < 4.78 is 26.4. The SMILES string of the molecule is Cc1csc(C(=O)O)c1S(=O)(=O)Nc1nccnn1. The number of rotatable bonds is 4. The number of hydrogen-bond acceptors (Lipinski definition) is 7. The number of sulfonamides is 1. The lowest BCUT2D eigenvalue weighted by Crippen LogP contribution is -2.18. The van der Waals surface area contributed by atoms with Gasteiger partial charge in [0.2, 0.25) is 0 Å². The molecule has 2 heterocycles. The smallest absolute Gasteiger partial charge is 0.347 e. The van der Waals surface area contributed by atoms with Crippen LogP contribution in [0, 0.1) is 6.92 Å². The van der Waals surface area contributed by atoms with Gasteiger partial charge in [0.1, 0.15) is 9.77 Å². The van der Waals surface area contributed by atoms with Crippen LogP contribution in [0.25, 0.3) is 0 Å². The zero-order valence-electron chi connectivity index (χ0n) is 9.56. The Bertz CT molecular complexity index is 711. The Labute approximate surface area is 112 Å². The first-order chi connectivity index (χ1) is 8.92. The van der Waals surface area contributed by atoms with E-state index >= 15 is 0 Å². The summed E-state index contributed by atoms with van der Waals surface area (Å²) in [6.45, 7) is 1.52. The minimum Gasteiger partial charge on any atom is -0.477 e. The van der Waals surface area contributed by atoms with Crippen molar-refractivity contribution in [1.82, 2.24) is 15.2 Å². The minimum atomic E-state index is -4.06. The van der Waals surface area contributed by atoms with E-state index in [1.807, 2.05) is 0 Å². The third-order valence-corrected chi connectivity index (χ3v) is 4.82. The summed E-state index contributed by atoms with van der Waals surface area (Å²) in [5.41, 5.74) is 0.346. The van der Waals surface area contributed by atoms with Gasteiger partial charge in [-0.1, -0.05) is 0 Å². The van der Waals surface area contributed by atoms with Gasteiger partial charge in [-0.05, 0) is 17.9 Å². The second-order valence-electron chi connectivity index (χ2n) is 3.45. The molecule has 8 nitrogen and oxygen atoms in total. The number of nitrogens with one attached hydrogen (secondary N) is 1. The molecule has 100 valence electrons. The molecule has 0 aliphatic heterocycles. The summed E-state index contributed by atoms with van der Waals surface area (Å²) in [6.07, 6.45) is 2.56. The third-order valence-electron chi connectivity index (χ3n) is 2.09. The predicted octanol–water partition coefficient (Wildman–Crippen LogP) is 0.741. The highest BCUT2D eigenvalue weighted by molar-refractivity contribution is 7.93. The van der Waals surface area contributed by atoms with Crippen molar-refractivity contribution in [3.05, 3.63) is 28.2 Å². The van der Waals surface area contributed by atoms with E-state index in [0.29, 0.717) is 5.56 Å². The lowest BCUT2D eigenvalue weighted by atomic mass is 10.3. The van der Waals surface area contributed by atoms with Crippen LogP contribution >= 0.6 is 11.3 Å². The maximum absolute atomic E-state index is 12.1. The highest BCUT2D eigenvalue weighted by Gasteiger charge is 2.27. The minimum absolute atomic E-state index is 0.218. The molecule has 0 saturated carbocycles. The van der Waals surface area contributed by atoms with E-state index in [4.69, 9.17) is 5.11 Å². The van der Waals surface area contributed by atoms with Crippen LogP contribution < -0.4 is 4.72 Å². The van der Waals surface area contributed by atoms with Gasteiger partial charge in [-0.15, -0.1) is 16.4 Å². The molecule has 0 amide bonds. The number of aromatic nitrogens is 3. The standard InChI is InChI=1S/C9H8N4O4S2/c1-5-4-18-6(8(14)15)7(5)19(16,17)13-9-10-2-3-11-12-9/h2-4H,1H3,(H,14,15)(H,10,12,13). The Kier molecular flexibility index (Phi) is 3.44. The number of thiophene rings is 1. The molecule has 10 heteroatoms. The molecule has 0 aliphatic rings. The van der Waals surface area contributed by atoms with Gasteiger partial charge in [-0.25, -0.2) is 22.9 Å². The van der Waals surface area contributed by atoms with Gasteiger partial charge in [0, 0.05) is 0 Å². The summed E-state index contributed by atoms with van der Waals surface area (Å²) in [5, 5.41) is 17.4. The van der Waals surface area contributed by atoms with E-state index in [1.54, 1.807) is 0 Å². The summed E-state index contributed by atoms with van der Waals surface area (Å²) in [4.78, 5) is 14.1. The molecule has 0 radical (unpaired) electrons. The zero-order valence-corrected chi connectivity index (χ0v) is 11.2. The van der Waals surface area contributed by atoms with Crippen LogP contribution in [0.5, 0.6) is 0 Å². The molecule has 0 saturated heterocycles. The largest absolute Gasteiger partial charge is 0.477 e. The Morgan fingerprint density at radius 2 is 2.16 bits per heavy atom. The average molecular weight is 300 g/mol. The van der Waals surface area contributed by atoms with Crippen molar-refractivity contribution in [3.63, 3.8) is 0 Å². The van der Waals surface area contributed by atoms with E-state index in [1.165, 1.54) is 24.7 Å². The van der Waals surface area contributed by atoms with Gasteiger partial charge in [-0.2, -0.15) is 5.10 Å². The van der Waals surface area contributed by atoms with Crippen LogP contribution in [0.3, 0.4) is 0 Å². The lowest BCUT2D eigenvalue weighted by molar-refractivity contribution is 0.0698. The van der Waals surface area contributed by atoms with E-state index in [0.717, 1.165) is 11.3 Å². The average Bonchev–Trinajstić information content (AvgIpc) is 2.73. The maximum Gasteiger partial charge on any atom is 0.347 e. The molecule has 2 N–H and O–H groups in total. The highest BCUT2D eigenvalue weighted by atomic mass is 32.2. The van der Waals surface area contributed by atoms with Gasteiger partial charge >= 0.3 is 5.97 Å². The Morgan fingerprint density at radius 3 is 2.74 bits per heavy atom. The molecule has 0 unspecified atom stereocenters. The van der Waals surface area contributed by atoms with Crippen LogP contribution in [0.2, 0.25) is 0 Å². The van der Waals surface area contributed by atoms with Crippen molar-refractivity contribution in [2.45, 2.75) is 11.8 Å². The fourth-order valence-electron chi connectivity index (χ4n) is 1.38. The molecular weight excluding hydrogens is 292 g/mol. The first kappa shape index (κ1) is 13.4. The predicted molar refractivity (Wildman–Crippen MR) is 66.7 cm³/mol. The number of nitrogens with zero attached hydrogens (tertiary/aromatic N) is 3. The molecule has 0 aliphatic carbocycles. The second kappa shape index (κ2) is 4.90. The number of carboxylic acid groups (broad SMARTS) is 1. The van der Waals surface area contributed by atoms with Gasteiger partial charge in [-0.3, -0.25) is 0 Å². The summed E-state index contributed by atoms with van der Waals surface area (Å²) in [5.74, 6) is -1.52. The van der Waals surface area contributed by atoms with Gasteiger partial charge in [0.15, 0.2) is 0 Å². The number of hydrogen-bond donors (Lipinski definition) is 2. The number of aromatic carboxylic acids is 1. The fourth-order valence-corrected chi connectivity index (χ4v) is 3.96. The van der Waals surface area contributed by atoms with Gasteiger partial charge < -0.3 is 5.11 Å². The molecule has 2 aromatic heterocycles. The Morgan fingerprint density at radius 1 is 1.42 bits per heavy atom. The second-order valence-corrected chi connectivity index (χ2v) is 5.95. The number of carboxylic acids is 1. The summed E-state index contributed by atoms with van der Waals surface area (Å²) in [6, 6.07) is 0. The zero-order chi connectivity index (χ0) is 14.0. The highest BCUT2D eigenvalue weighted by Crippen LogP contribution is 2.27. The van der Waals surface area contributed by atoms with Crippen LogP contribution in [0.1, 0.15) is 15.2 Å². The van der Waals surface area contributed by atoms with Crippen LogP contribution in [0.15, 0.2) is 22.7 Å². The molecule has 0 spiro atoms. The van der Waals surface area contributed by atoms with Crippen molar-refractivity contribution >= 4 is 33.3 Å². The Hall–Kier alpha value is -2.07. The first-order valence-corrected chi connectivity index (χ1v) is 7.26. The van der Waals surface area contributed by atoms with E-state index in [-0.39, 0.29) is 15.7 Å². The Balaban J connectivity index is 2.46. The monoisotopic (exact) mass is 300 g/mol. The summed E-state index contributed by atoms with van der Waals surface area (Å²) >= 11 is 0.847. The normalized spacial score (nSPS) is 11.2. The fraction of sp³-hybridized carbons (Fsp3) is 0.111. The van der Waals surface area contributed by atoms with Crippen LogP contribution in [0.4, 0.5) is 5.95 Å². The van der Waals surface area contributed by atoms with Gasteiger partial charge in [0.25, 0.3) is 16.0 Å². The topological polar surface area (TPSA) is 122 Å². The molecule has 0 aromatic carbocycles. The summed E-state index contributed by atoms with van der Waals surface area (Å²) in [7, 11) is -4.06. The number of carbonyl (C=O) groups is 1. The van der Waals surface area contributed by atoms with Crippen LogP contribution in [-0.4, -0.2) is 34.7 Å². The quantitative estimate of drug-likeness (QED) is 0.853. The third kappa shape index (κ3) is 2.69. The molecule has 0 fully saturated rings. The van der Waals surface area contributed by atoms with E-state index < -0.39 is 16.0 Å². The van der Waals surface area contributed by atoms with Crippen molar-refractivity contribution in [1.29, 1.82) is 0 Å². The van der Waals surface area contributed by atoms with E-state index in [9.17, 15) is 13.2 Å².